The number of unbranched alkanes of at least 4 members (excludes halogenated alkanes) is 1. The van der Waals surface area contributed by atoms with E-state index >= 15 is 0 Å². The largest absolute Gasteiger partial charge is 0.444 e. The van der Waals surface area contributed by atoms with E-state index in [1.165, 1.54) is 38.8 Å². The maximum Gasteiger partial charge on any atom is 0.407 e. The summed E-state index contributed by atoms with van der Waals surface area (Å²) in [5.41, 5.74) is -0.405. The Balaban J connectivity index is 1.96. The van der Waals surface area contributed by atoms with Crippen LogP contribution < -0.4 is 10.6 Å². The van der Waals surface area contributed by atoms with Crippen LogP contribution in [-0.4, -0.2) is 31.3 Å². The van der Waals surface area contributed by atoms with Crippen molar-refractivity contribution >= 4 is 6.09 Å². The molecule has 1 aliphatic rings. The predicted octanol–water partition coefficient (Wildman–Crippen LogP) is 2.68. The standard InChI is InChI=1S/C14H28N2O2/c1-14(2,3)18-13(17)16-10-5-4-7-12-8-6-9-15-11-12/h12,15H,4-11H2,1-3H3,(H,16,17). The van der Waals surface area contributed by atoms with Gasteiger partial charge in [-0.3, -0.25) is 0 Å². The molecule has 0 aromatic heterocycles. The highest BCUT2D eigenvalue weighted by atomic mass is 16.6. The molecule has 1 rings (SSSR count). The Hall–Kier alpha value is -0.770. The number of ether oxygens (including phenoxy) is 1. The Kier molecular flexibility index (Phi) is 6.47. The Morgan fingerprint density at radius 3 is 2.78 bits per heavy atom. The van der Waals surface area contributed by atoms with E-state index in [1.807, 2.05) is 20.8 Å². The number of amides is 1. The SMILES string of the molecule is CC(C)(C)OC(=O)NCCCCC1CCCNC1. The maximum atomic E-state index is 11.4. The van der Waals surface area contributed by atoms with Crippen molar-refractivity contribution in [2.45, 2.75) is 58.5 Å². The van der Waals surface area contributed by atoms with E-state index in [4.69, 9.17) is 4.74 Å². The molecule has 0 aliphatic carbocycles. The summed E-state index contributed by atoms with van der Waals surface area (Å²) in [6.45, 7) is 8.69. The smallest absolute Gasteiger partial charge is 0.407 e. The minimum Gasteiger partial charge on any atom is -0.444 e. The molecule has 106 valence electrons. The third kappa shape index (κ3) is 7.54. The van der Waals surface area contributed by atoms with Gasteiger partial charge in [0.05, 0.1) is 0 Å². The second-order valence-corrected chi connectivity index (χ2v) is 6.14. The summed E-state index contributed by atoms with van der Waals surface area (Å²) < 4.78 is 5.17. The first-order valence-electron chi connectivity index (χ1n) is 7.15. The zero-order chi connectivity index (χ0) is 13.4. The molecule has 18 heavy (non-hydrogen) atoms. The first-order valence-corrected chi connectivity index (χ1v) is 7.15. The second kappa shape index (κ2) is 7.62. The van der Waals surface area contributed by atoms with Crippen molar-refractivity contribution in [3.63, 3.8) is 0 Å². The molecular formula is C14H28N2O2. The molecule has 4 heteroatoms. The second-order valence-electron chi connectivity index (χ2n) is 6.14. The molecule has 1 saturated heterocycles. The van der Waals surface area contributed by atoms with Gasteiger partial charge in [-0.05, 0) is 65.5 Å². The summed E-state index contributed by atoms with van der Waals surface area (Å²) in [5.74, 6) is 0.834. The van der Waals surface area contributed by atoms with Crippen LogP contribution in [0.5, 0.6) is 0 Å². The first kappa shape index (κ1) is 15.3. The van der Waals surface area contributed by atoms with Gasteiger partial charge in [0.1, 0.15) is 5.60 Å². The van der Waals surface area contributed by atoms with Crippen molar-refractivity contribution in [2.75, 3.05) is 19.6 Å². The van der Waals surface area contributed by atoms with E-state index < -0.39 is 5.60 Å². The third-order valence-corrected chi connectivity index (χ3v) is 3.11. The number of carbonyl (C=O) groups is 1. The number of rotatable bonds is 5. The first-order chi connectivity index (χ1) is 8.47. The number of hydrogen-bond acceptors (Lipinski definition) is 3. The highest BCUT2D eigenvalue weighted by molar-refractivity contribution is 5.67. The molecule has 1 aliphatic heterocycles. The fourth-order valence-electron chi connectivity index (χ4n) is 2.23. The number of hydrogen-bond donors (Lipinski definition) is 2. The van der Waals surface area contributed by atoms with Crippen molar-refractivity contribution in [2.24, 2.45) is 5.92 Å². The van der Waals surface area contributed by atoms with Crippen LogP contribution in [0.1, 0.15) is 52.9 Å². The summed E-state index contributed by atoms with van der Waals surface area (Å²) in [4.78, 5) is 11.4. The van der Waals surface area contributed by atoms with Crippen LogP contribution in [0.15, 0.2) is 0 Å². The van der Waals surface area contributed by atoms with Crippen molar-refractivity contribution in [1.82, 2.24) is 10.6 Å². The summed E-state index contributed by atoms with van der Waals surface area (Å²) in [7, 11) is 0. The molecule has 0 spiro atoms. The maximum absolute atomic E-state index is 11.4. The van der Waals surface area contributed by atoms with E-state index in [2.05, 4.69) is 10.6 Å². The van der Waals surface area contributed by atoms with Crippen LogP contribution in [0.2, 0.25) is 0 Å². The van der Waals surface area contributed by atoms with Gasteiger partial charge in [0.2, 0.25) is 0 Å². The van der Waals surface area contributed by atoms with Crippen molar-refractivity contribution in [3.8, 4) is 0 Å². The van der Waals surface area contributed by atoms with Crippen LogP contribution in [0, 0.1) is 5.92 Å². The lowest BCUT2D eigenvalue weighted by Gasteiger charge is -2.22. The summed E-state index contributed by atoms with van der Waals surface area (Å²) >= 11 is 0. The third-order valence-electron chi connectivity index (χ3n) is 3.11. The van der Waals surface area contributed by atoms with E-state index in [9.17, 15) is 4.79 Å². The van der Waals surface area contributed by atoms with Crippen molar-refractivity contribution in [3.05, 3.63) is 0 Å². The number of carbonyl (C=O) groups excluding carboxylic acids is 1. The van der Waals surface area contributed by atoms with Gasteiger partial charge in [0.15, 0.2) is 0 Å². The molecule has 0 saturated carbocycles. The minimum atomic E-state index is -0.405. The monoisotopic (exact) mass is 256 g/mol. The molecule has 0 radical (unpaired) electrons. The van der Waals surface area contributed by atoms with Gasteiger partial charge in [-0.15, -0.1) is 0 Å². The average molecular weight is 256 g/mol. The van der Waals surface area contributed by atoms with Gasteiger partial charge in [0.25, 0.3) is 0 Å². The van der Waals surface area contributed by atoms with Crippen molar-refractivity contribution < 1.29 is 9.53 Å². The average Bonchev–Trinajstić information content (AvgIpc) is 2.27. The zero-order valence-electron chi connectivity index (χ0n) is 12.1. The van der Waals surface area contributed by atoms with E-state index in [0.717, 1.165) is 18.9 Å². The summed E-state index contributed by atoms with van der Waals surface area (Å²) in [6, 6.07) is 0. The van der Waals surface area contributed by atoms with Crippen LogP contribution in [-0.2, 0) is 4.74 Å². The molecular weight excluding hydrogens is 228 g/mol. The Morgan fingerprint density at radius 1 is 1.39 bits per heavy atom. The minimum absolute atomic E-state index is 0.304. The van der Waals surface area contributed by atoms with E-state index in [0.29, 0.717) is 0 Å². The molecule has 0 aromatic rings. The number of piperidine rings is 1. The molecule has 1 atom stereocenters. The lowest BCUT2D eigenvalue weighted by Crippen LogP contribution is -2.33. The molecule has 2 N–H and O–H groups in total. The van der Waals surface area contributed by atoms with Gasteiger partial charge in [-0.25, -0.2) is 4.79 Å². The number of alkyl carbamates (subject to hydrolysis) is 1. The fraction of sp³-hybridized carbons (Fsp3) is 0.929. The lowest BCUT2D eigenvalue weighted by molar-refractivity contribution is 0.0527. The van der Waals surface area contributed by atoms with Crippen LogP contribution >= 0.6 is 0 Å². The van der Waals surface area contributed by atoms with Crippen LogP contribution in [0.3, 0.4) is 0 Å². The quantitative estimate of drug-likeness (QED) is 0.744. The molecule has 1 unspecified atom stereocenters. The lowest BCUT2D eigenvalue weighted by atomic mass is 9.94. The molecule has 4 nitrogen and oxygen atoms in total. The Labute approximate surface area is 111 Å². The molecule has 1 amide bonds. The highest BCUT2D eigenvalue weighted by Crippen LogP contribution is 2.16. The normalized spacial score (nSPS) is 20.5. The Morgan fingerprint density at radius 2 is 2.17 bits per heavy atom. The molecule has 1 heterocycles. The van der Waals surface area contributed by atoms with Gasteiger partial charge < -0.3 is 15.4 Å². The Bertz CT molecular complexity index is 243. The summed E-state index contributed by atoms with van der Waals surface area (Å²) in [6.07, 6.45) is 5.84. The number of nitrogens with one attached hydrogen (secondary N) is 2. The highest BCUT2D eigenvalue weighted by Gasteiger charge is 2.15. The van der Waals surface area contributed by atoms with Crippen molar-refractivity contribution in [1.29, 1.82) is 0 Å². The van der Waals surface area contributed by atoms with Gasteiger partial charge in [-0.2, -0.15) is 0 Å². The summed E-state index contributed by atoms with van der Waals surface area (Å²) in [5, 5.41) is 6.23. The molecule has 0 aromatic carbocycles. The topological polar surface area (TPSA) is 50.4 Å². The molecule has 1 fully saturated rings. The molecule has 0 bridgehead atoms. The van der Waals surface area contributed by atoms with Gasteiger partial charge in [-0.1, -0.05) is 6.42 Å². The van der Waals surface area contributed by atoms with Crippen LogP contribution in [0.4, 0.5) is 4.79 Å². The predicted molar refractivity (Wildman–Crippen MR) is 73.7 cm³/mol. The fourth-order valence-corrected chi connectivity index (χ4v) is 2.23. The van der Waals surface area contributed by atoms with E-state index in [-0.39, 0.29) is 6.09 Å². The van der Waals surface area contributed by atoms with Gasteiger partial charge >= 0.3 is 6.09 Å². The van der Waals surface area contributed by atoms with E-state index in [1.54, 1.807) is 0 Å². The van der Waals surface area contributed by atoms with Gasteiger partial charge in [0, 0.05) is 6.54 Å². The zero-order valence-corrected chi connectivity index (χ0v) is 12.1. The van der Waals surface area contributed by atoms with Crippen LogP contribution in [0.25, 0.3) is 0 Å².